The summed E-state index contributed by atoms with van der Waals surface area (Å²) in [6, 6.07) is 10.5. The standard InChI is InChI=1S/C13H18ClNO/c14-10-13(12-4-2-1-3-5-12)11-15-6-8-16-9-7-15/h1-5,13H,6-11H2. The first kappa shape index (κ1) is 11.9. The average molecular weight is 240 g/mol. The first-order valence-electron chi connectivity index (χ1n) is 5.81. The van der Waals surface area contributed by atoms with Gasteiger partial charge in [-0.15, -0.1) is 11.6 Å². The fourth-order valence-corrected chi connectivity index (χ4v) is 2.34. The molecule has 88 valence electrons. The van der Waals surface area contributed by atoms with Gasteiger partial charge in [-0.25, -0.2) is 0 Å². The van der Waals surface area contributed by atoms with Crippen LogP contribution in [0.3, 0.4) is 0 Å². The Morgan fingerprint density at radius 1 is 1.19 bits per heavy atom. The Morgan fingerprint density at radius 2 is 1.88 bits per heavy atom. The fraction of sp³-hybridized carbons (Fsp3) is 0.538. The van der Waals surface area contributed by atoms with Crippen molar-refractivity contribution in [3.8, 4) is 0 Å². The molecule has 2 nitrogen and oxygen atoms in total. The first-order chi connectivity index (χ1) is 7.90. The minimum absolute atomic E-state index is 0.431. The van der Waals surface area contributed by atoms with Gasteiger partial charge in [0.05, 0.1) is 13.2 Å². The SMILES string of the molecule is ClCC(CN1CCOCC1)c1ccccc1. The Kier molecular flexibility index (Phi) is 4.64. The van der Waals surface area contributed by atoms with E-state index < -0.39 is 0 Å². The fourth-order valence-electron chi connectivity index (χ4n) is 2.06. The van der Waals surface area contributed by atoms with Gasteiger partial charge in [0.2, 0.25) is 0 Å². The molecule has 0 bridgehead atoms. The number of rotatable bonds is 4. The second-order valence-electron chi connectivity index (χ2n) is 4.17. The van der Waals surface area contributed by atoms with E-state index in [1.54, 1.807) is 0 Å². The van der Waals surface area contributed by atoms with Gasteiger partial charge in [-0.05, 0) is 5.56 Å². The quantitative estimate of drug-likeness (QED) is 0.748. The van der Waals surface area contributed by atoms with Gasteiger partial charge in [-0.1, -0.05) is 30.3 Å². The molecule has 1 atom stereocenters. The molecule has 1 heterocycles. The second kappa shape index (κ2) is 6.24. The number of hydrogen-bond acceptors (Lipinski definition) is 2. The van der Waals surface area contributed by atoms with Gasteiger partial charge in [0.25, 0.3) is 0 Å². The van der Waals surface area contributed by atoms with Gasteiger partial charge >= 0.3 is 0 Å². The third-order valence-electron chi connectivity index (χ3n) is 3.04. The summed E-state index contributed by atoms with van der Waals surface area (Å²) in [6.07, 6.45) is 0. The molecule has 1 aliphatic heterocycles. The number of nitrogens with zero attached hydrogens (tertiary/aromatic N) is 1. The highest BCUT2D eigenvalue weighted by Crippen LogP contribution is 2.19. The molecule has 1 unspecified atom stereocenters. The van der Waals surface area contributed by atoms with Crippen LogP contribution in [-0.4, -0.2) is 43.6 Å². The van der Waals surface area contributed by atoms with Gasteiger partial charge in [0.15, 0.2) is 0 Å². The topological polar surface area (TPSA) is 12.5 Å². The summed E-state index contributed by atoms with van der Waals surface area (Å²) in [5.74, 6) is 1.11. The summed E-state index contributed by atoms with van der Waals surface area (Å²) in [5, 5.41) is 0. The Bertz CT molecular complexity index is 298. The summed E-state index contributed by atoms with van der Waals surface area (Å²) in [7, 11) is 0. The van der Waals surface area contributed by atoms with E-state index in [0.29, 0.717) is 11.8 Å². The molecular formula is C13H18ClNO. The zero-order valence-electron chi connectivity index (χ0n) is 9.44. The molecule has 0 radical (unpaired) electrons. The molecule has 0 amide bonds. The number of hydrogen-bond donors (Lipinski definition) is 0. The van der Waals surface area contributed by atoms with Crippen molar-refractivity contribution in [1.29, 1.82) is 0 Å². The molecule has 1 fully saturated rings. The molecule has 1 aliphatic rings. The van der Waals surface area contributed by atoms with Gasteiger partial charge in [0.1, 0.15) is 0 Å². The van der Waals surface area contributed by atoms with Crippen molar-refractivity contribution in [1.82, 2.24) is 4.90 Å². The normalized spacial score (nSPS) is 19.6. The molecule has 0 saturated carbocycles. The summed E-state index contributed by atoms with van der Waals surface area (Å²) in [6.45, 7) is 4.80. The summed E-state index contributed by atoms with van der Waals surface area (Å²) >= 11 is 6.06. The van der Waals surface area contributed by atoms with Crippen LogP contribution in [0.4, 0.5) is 0 Å². The molecule has 2 rings (SSSR count). The molecule has 1 saturated heterocycles. The lowest BCUT2D eigenvalue weighted by Crippen LogP contribution is -2.39. The molecule has 3 heteroatoms. The number of halogens is 1. The highest BCUT2D eigenvalue weighted by atomic mass is 35.5. The first-order valence-corrected chi connectivity index (χ1v) is 6.34. The molecular weight excluding hydrogens is 222 g/mol. The predicted octanol–water partition coefficient (Wildman–Crippen LogP) is 2.34. The highest BCUT2D eigenvalue weighted by Gasteiger charge is 2.17. The van der Waals surface area contributed by atoms with Gasteiger partial charge in [-0.3, -0.25) is 4.90 Å². The maximum absolute atomic E-state index is 6.06. The van der Waals surface area contributed by atoms with E-state index in [1.807, 2.05) is 6.07 Å². The van der Waals surface area contributed by atoms with Gasteiger partial charge in [0, 0.05) is 31.4 Å². The minimum Gasteiger partial charge on any atom is -0.379 e. The number of alkyl halides is 1. The summed E-state index contributed by atoms with van der Waals surface area (Å²) < 4.78 is 5.35. The molecule has 0 spiro atoms. The van der Waals surface area contributed by atoms with E-state index in [-0.39, 0.29) is 0 Å². The Hall–Kier alpha value is -0.570. The maximum atomic E-state index is 6.06. The lowest BCUT2D eigenvalue weighted by atomic mass is 10.0. The van der Waals surface area contributed by atoms with E-state index in [0.717, 1.165) is 32.8 Å². The van der Waals surface area contributed by atoms with Crippen LogP contribution in [-0.2, 0) is 4.74 Å². The molecule has 0 N–H and O–H groups in total. The van der Waals surface area contributed by atoms with Crippen LogP contribution in [0.5, 0.6) is 0 Å². The van der Waals surface area contributed by atoms with Crippen molar-refractivity contribution in [2.45, 2.75) is 5.92 Å². The van der Waals surface area contributed by atoms with Crippen molar-refractivity contribution in [3.05, 3.63) is 35.9 Å². The van der Waals surface area contributed by atoms with Crippen molar-refractivity contribution in [2.75, 3.05) is 38.7 Å². The molecule has 1 aromatic rings. The Morgan fingerprint density at radius 3 is 2.50 bits per heavy atom. The zero-order valence-corrected chi connectivity index (χ0v) is 10.2. The van der Waals surface area contributed by atoms with Crippen molar-refractivity contribution >= 4 is 11.6 Å². The van der Waals surface area contributed by atoms with Crippen LogP contribution in [0.25, 0.3) is 0 Å². The van der Waals surface area contributed by atoms with Crippen molar-refractivity contribution in [2.24, 2.45) is 0 Å². The molecule has 1 aromatic carbocycles. The molecule has 16 heavy (non-hydrogen) atoms. The van der Waals surface area contributed by atoms with E-state index >= 15 is 0 Å². The number of benzene rings is 1. The van der Waals surface area contributed by atoms with Crippen LogP contribution in [0, 0.1) is 0 Å². The third-order valence-corrected chi connectivity index (χ3v) is 3.41. The minimum atomic E-state index is 0.431. The maximum Gasteiger partial charge on any atom is 0.0594 e. The Labute approximate surface area is 102 Å². The number of morpholine rings is 1. The van der Waals surface area contributed by atoms with Crippen LogP contribution in [0.2, 0.25) is 0 Å². The van der Waals surface area contributed by atoms with E-state index in [2.05, 4.69) is 29.2 Å². The van der Waals surface area contributed by atoms with E-state index in [9.17, 15) is 0 Å². The monoisotopic (exact) mass is 239 g/mol. The summed E-state index contributed by atoms with van der Waals surface area (Å²) in [4.78, 5) is 2.43. The third kappa shape index (κ3) is 3.21. The predicted molar refractivity (Wildman–Crippen MR) is 67.2 cm³/mol. The van der Waals surface area contributed by atoms with Gasteiger partial charge < -0.3 is 4.74 Å². The van der Waals surface area contributed by atoms with E-state index in [4.69, 9.17) is 16.3 Å². The van der Waals surface area contributed by atoms with Crippen LogP contribution < -0.4 is 0 Å². The van der Waals surface area contributed by atoms with Gasteiger partial charge in [-0.2, -0.15) is 0 Å². The summed E-state index contributed by atoms with van der Waals surface area (Å²) in [5.41, 5.74) is 1.34. The Balaban J connectivity index is 1.94. The number of ether oxygens (including phenoxy) is 1. The lowest BCUT2D eigenvalue weighted by molar-refractivity contribution is 0.0358. The molecule has 0 aliphatic carbocycles. The highest BCUT2D eigenvalue weighted by molar-refractivity contribution is 6.18. The van der Waals surface area contributed by atoms with Crippen LogP contribution in [0.1, 0.15) is 11.5 Å². The van der Waals surface area contributed by atoms with Crippen molar-refractivity contribution < 1.29 is 4.74 Å². The van der Waals surface area contributed by atoms with Crippen LogP contribution >= 0.6 is 11.6 Å². The zero-order chi connectivity index (χ0) is 11.2. The smallest absolute Gasteiger partial charge is 0.0594 e. The average Bonchev–Trinajstić information content (AvgIpc) is 2.38. The lowest BCUT2D eigenvalue weighted by Gasteiger charge is -2.29. The van der Waals surface area contributed by atoms with Crippen LogP contribution in [0.15, 0.2) is 30.3 Å². The molecule has 0 aromatic heterocycles. The largest absolute Gasteiger partial charge is 0.379 e. The second-order valence-corrected chi connectivity index (χ2v) is 4.48. The van der Waals surface area contributed by atoms with Crippen molar-refractivity contribution in [3.63, 3.8) is 0 Å². The van der Waals surface area contributed by atoms with E-state index in [1.165, 1.54) is 5.56 Å².